The molecule has 3 aromatic heterocycles. The van der Waals surface area contributed by atoms with Crippen LogP contribution in [-0.4, -0.2) is 51.2 Å². The number of aromatic nitrogens is 4. The van der Waals surface area contributed by atoms with Crippen LogP contribution >= 0.6 is 11.3 Å². The molecule has 7 nitrogen and oxygen atoms in total. The first-order valence-electron chi connectivity index (χ1n) is 9.14. The first kappa shape index (κ1) is 18.2. The third-order valence-corrected chi connectivity index (χ3v) is 5.93. The first-order valence-corrected chi connectivity index (χ1v) is 10.0. The monoisotopic (exact) mass is 385 g/mol. The van der Waals surface area contributed by atoms with Gasteiger partial charge in [-0.05, 0) is 17.9 Å². The number of ether oxygens (including phenoxy) is 1. The lowest BCUT2D eigenvalue weighted by Gasteiger charge is -2.19. The Morgan fingerprint density at radius 3 is 2.81 bits per heavy atom. The molecule has 8 heteroatoms. The molecule has 0 bridgehead atoms. The van der Waals surface area contributed by atoms with Gasteiger partial charge in [-0.15, -0.1) is 11.3 Å². The molecule has 0 saturated carbocycles. The highest BCUT2D eigenvalue weighted by molar-refractivity contribution is 7.16. The molecule has 0 radical (unpaired) electrons. The largest absolute Gasteiger partial charge is 0.384 e. The third kappa shape index (κ3) is 3.78. The van der Waals surface area contributed by atoms with Gasteiger partial charge in [-0.25, -0.2) is 15.0 Å². The van der Waals surface area contributed by atoms with Gasteiger partial charge in [0.2, 0.25) is 0 Å². The molecular formula is C19H23N5O2S. The Bertz CT molecular complexity index is 996. The second kappa shape index (κ2) is 7.84. The van der Waals surface area contributed by atoms with Gasteiger partial charge in [0, 0.05) is 64.1 Å². The quantitative estimate of drug-likeness (QED) is 0.667. The Balaban J connectivity index is 1.48. The molecule has 1 aliphatic rings. The standard InChI is InChI=1S/C19H23N5O2S/c1-13-12-27-18-17(13)19(25)24-7-6-23(5-3-16(24)22-18)11-14-9-20-15(21-10-14)4-8-26-2/h9-10,12H,3-8,11H2,1-2H3. The van der Waals surface area contributed by atoms with Crippen LogP contribution in [0.4, 0.5) is 0 Å². The molecule has 3 aromatic rings. The second-order valence-electron chi connectivity index (χ2n) is 6.86. The van der Waals surface area contributed by atoms with E-state index in [-0.39, 0.29) is 5.56 Å². The molecule has 0 spiro atoms. The molecule has 4 rings (SSSR count). The van der Waals surface area contributed by atoms with Gasteiger partial charge < -0.3 is 4.74 Å². The van der Waals surface area contributed by atoms with Crippen molar-refractivity contribution >= 4 is 21.6 Å². The van der Waals surface area contributed by atoms with Gasteiger partial charge in [-0.2, -0.15) is 0 Å². The van der Waals surface area contributed by atoms with Crippen LogP contribution in [0.15, 0.2) is 22.6 Å². The summed E-state index contributed by atoms with van der Waals surface area (Å²) < 4.78 is 6.91. The van der Waals surface area contributed by atoms with Crippen LogP contribution in [0.25, 0.3) is 10.2 Å². The van der Waals surface area contributed by atoms with Crippen molar-refractivity contribution in [3.63, 3.8) is 0 Å². The molecule has 0 aromatic carbocycles. The molecule has 0 fully saturated rings. The molecular weight excluding hydrogens is 362 g/mol. The zero-order chi connectivity index (χ0) is 18.8. The van der Waals surface area contributed by atoms with Crippen molar-refractivity contribution < 1.29 is 4.74 Å². The van der Waals surface area contributed by atoms with Crippen molar-refractivity contribution in [1.82, 2.24) is 24.4 Å². The van der Waals surface area contributed by atoms with Gasteiger partial charge in [0.1, 0.15) is 16.5 Å². The molecule has 0 N–H and O–H groups in total. The number of fused-ring (bicyclic) bond motifs is 2. The van der Waals surface area contributed by atoms with Crippen LogP contribution in [0.5, 0.6) is 0 Å². The Labute approximate surface area is 161 Å². The fourth-order valence-electron chi connectivity index (χ4n) is 3.44. The van der Waals surface area contributed by atoms with Crippen molar-refractivity contribution in [2.45, 2.75) is 32.9 Å². The number of nitrogens with zero attached hydrogens (tertiary/aromatic N) is 5. The van der Waals surface area contributed by atoms with Gasteiger partial charge in [-0.3, -0.25) is 14.3 Å². The highest BCUT2D eigenvalue weighted by atomic mass is 32.1. The minimum atomic E-state index is 0.0985. The zero-order valence-electron chi connectivity index (χ0n) is 15.6. The number of methoxy groups -OCH3 is 1. The summed E-state index contributed by atoms with van der Waals surface area (Å²) >= 11 is 1.55. The maximum Gasteiger partial charge on any atom is 0.262 e. The molecule has 0 atom stereocenters. The van der Waals surface area contributed by atoms with E-state index in [1.165, 1.54) is 0 Å². The maximum absolute atomic E-state index is 12.9. The van der Waals surface area contributed by atoms with Crippen LogP contribution in [0.3, 0.4) is 0 Å². The average Bonchev–Trinajstić information content (AvgIpc) is 2.92. The lowest BCUT2D eigenvalue weighted by molar-refractivity contribution is 0.200. The highest BCUT2D eigenvalue weighted by Crippen LogP contribution is 2.21. The number of hydrogen-bond donors (Lipinski definition) is 0. The van der Waals surface area contributed by atoms with E-state index in [4.69, 9.17) is 9.72 Å². The van der Waals surface area contributed by atoms with Crippen LogP contribution in [-0.2, 0) is 30.7 Å². The van der Waals surface area contributed by atoms with E-state index in [1.807, 2.05) is 29.3 Å². The number of rotatable bonds is 5. The van der Waals surface area contributed by atoms with E-state index in [1.54, 1.807) is 18.4 Å². The van der Waals surface area contributed by atoms with E-state index in [2.05, 4.69) is 14.9 Å². The summed E-state index contributed by atoms with van der Waals surface area (Å²) in [6, 6.07) is 0. The molecule has 0 aliphatic carbocycles. The van der Waals surface area contributed by atoms with E-state index < -0.39 is 0 Å². The smallest absolute Gasteiger partial charge is 0.262 e. The topological polar surface area (TPSA) is 73.1 Å². The van der Waals surface area contributed by atoms with Crippen molar-refractivity contribution in [2.24, 2.45) is 0 Å². The van der Waals surface area contributed by atoms with Crippen molar-refractivity contribution in [3.8, 4) is 0 Å². The van der Waals surface area contributed by atoms with Gasteiger partial charge in [0.25, 0.3) is 5.56 Å². The lowest BCUT2D eigenvalue weighted by Crippen LogP contribution is -2.28. The number of aryl methyl sites for hydroxylation is 1. The van der Waals surface area contributed by atoms with Gasteiger partial charge >= 0.3 is 0 Å². The first-order chi connectivity index (χ1) is 13.2. The van der Waals surface area contributed by atoms with Crippen LogP contribution < -0.4 is 5.56 Å². The summed E-state index contributed by atoms with van der Waals surface area (Å²) in [4.78, 5) is 29.7. The fraction of sp³-hybridized carbons (Fsp3) is 0.474. The summed E-state index contributed by atoms with van der Waals surface area (Å²) in [5.74, 6) is 1.69. The third-order valence-electron chi connectivity index (χ3n) is 4.94. The van der Waals surface area contributed by atoms with E-state index in [9.17, 15) is 4.79 Å². The van der Waals surface area contributed by atoms with E-state index in [0.29, 0.717) is 13.2 Å². The van der Waals surface area contributed by atoms with Crippen LogP contribution in [0.1, 0.15) is 22.8 Å². The Morgan fingerprint density at radius 2 is 2.04 bits per heavy atom. The molecule has 1 aliphatic heterocycles. The van der Waals surface area contributed by atoms with E-state index in [0.717, 1.165) is 65.5 Å². The summed E-state index contributed by atoms with van der Waals surface area (Å²) in [5.41, 5.74) is 2.20. The number of hydrogen-bond acceptors (Lipinski definition) is 7. The van der Waals surface area contributed by atoms with Crippen molar-refractivity contribution in [1.29, 1.82) is 0 Å². The summed E-state index contributed by atoms with van der Waals surface area (Å²) in [6.45, 7) is 5.73. The minimum absolute atomic E-state index is 0.0985. The molecule has 4 heterocycles. The molecule has 0 unspecified atom stereocenters. The van der Waals surface area contributed by atoms with Crippen LogP contribution in [0.2, 0.25) is 0 Å². The van der Waals surface area contributed by atoms with Crippen molar-refractivity contribution in [3.05, 3.63) is 50.9 Å². The molecule has 142 valence electrons. The molecule has 27 heavy (non-hydrogen) atoms. The summed E-state index contributed by atoms with van der Waals surface area (Å²) in [6.07, 6.45) is 5.27. The predicted molar refractivity (Wildman–Crippen MR) is 105 cm³/mol. The normalized spacial score (nSPS) is 15.0. The Hall–Kier alpha value is -2.16. The molecule has 0 saturated heterocycles. The number of thiophene rings is 1. The van der Waals surface area contributed by atoms with Gasteiger partial charge in [0.05, 0.1) is 12.0 Å². The lowest BCUT2D eigenvalue weighted by atomic mass is 10.2. The Morgan fingerprint density at radius 1 is 1.22 bits per heavy atom. The predicted octanol–water partition coefficient (Wildman–Crippen LogP) is 1.80. The SMILES string of the molecule is COCCc1ncc(CN2CCc3nc4scc(C)c4c(=O)n3CC2)cn1. The summed E-state index contributed by atoms with van der Waals surface area (Å²) in [7, 11) is 1.68. The van der Waals surface area contributed by atoms with Crippen LogP contribution in [0, 0.1) is 6.92 Å². The fourth-order valence-corrected chi connectivity index (χ4v) is 4.37. The minimum Gasteiger partial charge on any atom is -0.384 e. The van der Waals surface area contributed by atoms with E-state index >= 15 is 0 Å². The molecule has 0 amide bonds. The van der Waals surface area contributed by atoms with Gasteiger partial charge in [-0.1, -0.05) is 0 Å². The van der Waals surface area contributed by atoms with Gasteiger partial charge in [0.15, 0.2) is 0 Å². The summed E-state index contributed by atoms with van der Waals surface area (Å²) in [5, 5.41) is 2.79. The van der Waals surface area contributed by atoms with Crippen molar-refractivity contribution in [2.75, 3.05) is 26.8 Å². The Kier molecular flexibility index (Phi) is 5.29. The maximum atomic E-state index is 12.9. The average molecular weight is 385 g/mol. The highest BCUT2D eigenvalue weighted by Gasteiger charge is 2.19. The second-order valence-corrected chi connectivity index (χ2v) is 7.72. The zero-order valence-corrected chi connectivity index (χ0v) is 16.5.